The molecule has 0 radical (unpaired) electrons. The molecule has 0 aromatic carbocycles. The predicted octanol–water partition coefficient (Wildman–Crippen LogP) is 5.84. The molecule has 0 rings (SSSR count). The van der Waals surface area contributed by atoms with Crippen LogP contribution in [0.4, 0.5) is 0 Å². The van der Waals surface area contributed by atoms with Crippen molar-refractivity contribution >= 4 is 13.6 Å². The largest absolute Gasteiger partial charge is 0.458 e. The van der Waals surface area contributed by atoms with Gasteiger partial charge in [0.05, 0.1) is 19.4 Å². The molecule has 0 bridgehead atoms. The highest BCUT2D eigenvalue weighted by molar-refractivity contribution is 7.52. The van der Waals surface area contributed by atoms with Crippen LogP contribution in [-0.4, -0.2) is 56.5 Å². The number of hydrogen-bond acceptors (Lipinski definition) is 6. The summed E-state index contributed by atoms with van der Waals surface area (Å²) in [5.74, 6) is -0.453. The Balaban J connectivity index is 3.70. The van der Waals surface area contributed by atoms with E-state index in [0.717, 1.165) is 12.8 Å². The van der Waals surface area contributed by atoms with Crippen LogP contribution in [0.2, 0.25) is 0 Å². The van der Waals surface area contributed by atoms with Crippen LogP contribution in [0.1, 0.15) is 104 Å². The van der Waals surface area contributed by atoms with Gasteiger partial charge >= 0.3 is 13.6 Å². The van der Waals surface area contributed by atoms with Crippen molar-refractivity contribution in [3.05, 3.63) is 0 Å². The van der Waals surface area contributed by atoms with E-state index in [1.165, 1.54) is 77.6 Å². The minimum atomic E-state index is -3.68. The fraction of sp³-hybridized carbons (Fsp3) is 0.958. The van der Waals surface area contributed by atoms with E-state index in [9.17, 15) is 14.3 Å². The third-order valence-corrected chi connectivity index (χ3v) is 6.79. The zero-order chi connectivity index (χ0) is 23.9. The lowest BCUT2D eigenvalue weighted by atomic mass is 10.0. The van der Waals surface area contributed by atoms with Crippen molar-refractivity contribution in [3.8, 4) is 0 Å². The summed E-state index contributed by atoms with van der Waals surface area (Å²) in [5, 5.41) is 2.93. The van der Waals surface area contributed by atoms with Crippen molar-refractivity contribution in [1.29, 1.82) is 0 Å². The fourth-order valence-corrected chi connectivity index (χ4v) is 4.59. The van der Waals surface area contributed by atoms with Crippen molar-refractivity contribution in [2.45, 2.75) is 110 Å². The molecule has 0 spiro atoms. The Morgan fingerprint density at radius 3 is 1.91 bits per heavy atom. The average molecular weight is 480 g/mol. The molecule has 0 heterocycles. The number of rotatable bonds is 24. The van der Waals surface area contributed by atoms with E-state index in [1.807, 2.05) is 0 Å². The lowest BCUT2D eigenvalue weighted by molar-refractivity contribution is -0.151. The van der Waals surface area contributed by atoms with Crippen LogP contribution < -0.4 is 5.32 Å². The van der Waals surface area contributed by atoms with Gasteiger partial charge in [0.1, 0.15) is 6.10 Å². The van der Waals surface area contributed by atoms with Gasteiger partial charge in [0, 0.05) is 13.5 Å². The molecule has 2 N–H and O–H groups in total. The molecule has 0 amide bonds. The van der Waals surface area contributed by atoms with Gasteiger partial charge in [0.2, 0.25) is 0 Å². The van der Waals surface area contributed by atoms with E-state index in [2.05, 4.69) is 12.2 Å². The van der Waals surface area contributed by atoms with Crippen LogP contribution in [-0.2, 0) is 23.4 Å². The van der Waals surface area contributed by atoms with Crippen LogP contribution in [0.25, 0.3) is 0 Å². The van der Waals surface area contributed by atoms with E-state index in [4.69, 9.17) is 14.0 Å². The summed E-state index contributed by atoms with van der Waals surface area (Å²) >= 11 is 0. The first-order valence-electron chi connectivity index (χ1n) is 12.8. The topological polar surface area (TPSA) is 94.1 Å². The highest BCUT2D eigenvalue weighted by atomic mass is 31.2. The van der Waals surface area contributed by atoms with E-state index >= 15 is 0 Å². The number of nitrogens with one attached hydrogen (secondary N) is 1. The average Bonchev–Trinajstić information content (AvgIpc) is 2.74. The molecule has 2 atom stereocenters. The molecule has 2 unspecified atom stereocenters. The predicted molar refractivity (Wildman–Crippen MR) is 131 cm³/mol. The van der Waals surface area contributed by atoms with Crippen molar-refractivity contribution in [1.82, 2.24) is 5.32 Å². The molecule has 0 fully saturated rings. The summed E-state index contributed by atoms with van der Waals surface area (Å²) in [7, 11) is -1.89. The van der Waals surface area contributed by atoms with Crippen LogP contribution >= 0.6 is 7.60 Å². The van der Waals surface area contributed by atoms with Gasteiger partial charge in [0.15, 0.2) is 0 Å². The van der Waals surface area contributed by atoms with E-state index in [0.29, 0.717) is 19.6 Å². The molecule has 0 aromatic rings. The Labute approximate surface area is 196 Å². The Kier molecular flexibility index (Phi) is 22.0. The maximum Gasteiger partial charge on any atom is 0.328 e. The van der Waals surface area contributed by atoms with E-state index in [1.54, 1.807) is 7.05 Å². The quantitative estimate of drug-likeness (QED) is 0.102. The standard InChI is InChI=1S/C24H50NO6P/c1-4-5-6-7-8-9-10-11-12-13-14-15-16-19-29-21-24(31-23(2)26)22-30-32(27,28)20-17-18-25-3/h24-25H,4-22H2,1-3H3,(H,27,28). The smallest absolute Gasteiger partial charge is 0.328 e. The number of carbonyl (C=O) groups excluding carboxylic acids is 1. The molecule has 7 nitrogen and oxygen atoms in total. The minimum Gasteiger partial charge on any atom is -0.458 e. The van der Waals surface area contributed by atoms with Gasteiger partial charge in [-0.25, -0.2) is 0 Å². The second kappa shape index (κ2) is 22.3. The normalized spacial score (nSPS) is 14.2. The lowest BCUT2D eigenvalue weighted by Gasteiger charge is -2.19. The van der Waals surface area contributed by atoms with Crippen LogP contribution in [0, 0.1) is 0 Å². The molecule has 32 heavy (non-hydrogen) atoms. The van der Waals surface area contributed by atoms with Gasteiger partial charge in [-0.1, -0.05) is 84.0 Å². The first-order valence-corrected chi connectivity index (χ1v) is 14.5. The van der Waals surface area contributed by atoms with Crippen molar-refractivity contribution < 1.29 is 28.3 Å². The maximum absolute atomic E-state index is 12.0. The molecule has 0 aromatic heterocycles. The van der Waals surface area contributed by atoms with Crippen molar-refractivity contribution in [3.63, 3.8) is 0 Å². The molecule has 0 aliphatic heterocycles. The monoisotopic (exact) mass is 479 g/mol. The molecule has 0 saturated heterocycles. The SMILES string of the molecule is CCCCCCCCCCCCCCCOCC(COP(=O)(O)CCCNC)OC(C)=O. The highest BCUT2D eigenvalue weighted by Gasteiger charge is 2.22. The molecular formula is C24H50NO6P. The van der Waals surface area contributed by atoms with Crippen molar-refractivity contribution in [2.75, 3.05) is 39.6 Å². The summed E-state index contributed by atoms with van der Waals surface area (Å²) in [6, 6.07) is 0. The second-order valence-electron chi connectivity index (χ2n) is 8.66. The third-order valence-electron chi connectivity index (χ3n) is 5.36. The maximum atomic E-state index is 12.0. The number of ether oxygens (including phenoxy) is 2. The molecule has 192 valence electrons. The molecule has 0 aliphatic rings. The first kappa shape index (κ1) is 31.5. The fourth-order valence-electron chi connectivity index (χ4n) is 3.51. The highest BCUT2D eigenvalue weighted by Crippen LogP contribution is 2.42. The van der Waals surface area contributed by atoms with Gasteiger partial charge in [-0.2, -0.15) is 0 Å². The molecular weight excluding hydrogens is 429 g/mol. The Morgan fingerprint density at radius 2 is 1.41 bits per heavy atom. The molecule has 0 saturated carbocycles. The van der Waals surface area contributed by atoms with Gasteiger partial charge in [0.25, 0.3) is 0 Å². The van der Waals surface area contributed by atoms with Gasteiger partial charge in [-0.3, -0.25) is 9.36 Å². The summed E-state index contributed by atoms with van der Waals surface area (Å²) in [4.78, 5) is 21.1. The number of carbonyl (C=O) groups is 1. The van der Waals surface area contributed by atoms with Gasteiger partial charge < -0.3 is 24.2 Å². The Bertz CT molecular complexity index is 477. The minimum absolute atomic E-state index is 0.0699. The number of esters is 1. The zero-order valence-electron chi connectivity index (χ0n) is 20.9. The summed E-state index contributed by atoms with van der Waals surface area (Å²) in [6.07, 6.45) is 16.8. The summed E-state index contributed by atoms with van der Waals surface area (Å²) < 4.78 is 27.9. The van der Waals surface area contributed by atoms with Gasteiger partial charge in [-0.05, 0) is 26.4 Å². The Hall–Kier alpha value is -0.460. The molecule has 8 heteroatoms. The van der Waals surface area contributed by atoms with E-state index in [-0.39, 0.29) is 19.4 Å². The molecule has 0 aliphatic carbocycles. The number of hydrogen-bond donors (Lipinski definition) is 2. The zero-order valence-corrected chi connectivity index (χ0v) is 21.8. The summed E-state index contributed by atoms with van der Waals surface area (Å²) in [6.45, 7) is 4.84. The third kappa shape index (κ3) is 22.7. The first-order chi connectivity index (χ1) is 15.4. The van der Waals surface area contributed by atoms with Crippen LogP contribution in [0.3, 0.4) is 0 Å². The Morgan fingerprint density at radius 1 is 0.875 bits per heavy atom. The van der Waals surface area contributed by atoms with E-state index < -0.39 is 19.7 Å². The van der Waals surface area contributed by atoms with Crippen molar-refractivity contribution in [2.24, 2.45) is 0 Å². The second-order valence-corrected chi connectivity index (χ2v) is 10.6. The number of unbranched alkanes of at least 4 members (excludes halogenated alkanes) is 12. The van der Waals surface area contributed by atoms with Crippen LogP contribution in [0.5, 0.6) is 0 Å². The summed E-state index contributed by atoms with van der Waals surface area (Å²) in [5.41, 5.74) is 0. The van der Waals surface area contributed by atoms with Crippen LogP contribution in [0.15, 0.2) is 0 Å². The van der Waals surface area contributed by atoms with Gasteiger partial charge in [-0.15, -0.1) is 0 Å². The lowest BCUT2D eigenvalue weighted by Crippen LogP contribution is -2.27.